The molecule has 0 amide bonds. The molecular formula is C10H12N2O2. The molecule has 0 bridgehead atoms. The lowest BCUT2D eigenvalue weighted by Crippen LogP contribution is -2.24. The smallest absolute Gasteiger partial charge is 0.127 e. The predicted octanol–water partition coefficient (Wildman–Crippen LogP) is 1.23. The van der Waals surface area contributed by atoms with Gasteiger partial charge in [0.25, 0.3) is 0 Å². The first-order chi connectivity index (χ1) is 6.84. The van der Waals surface area contributed by atoms with Crippen molar-refractivity contribution in [3.8, 4) is 5.75 Å². The van der Waals surface area contributed by atoms with E-state index in [2.05, 4.69) is 10.3 Å². The van der Waals surface area contributed by atoms with Gasteiger partial charge in [-0.25, -0.2) is 0 Å². The Balaban J connectivity index is 2.06. The lowest BCUT2D eigenvalue weighted by atomic mass is 10.3. The molecule has 0 aliphatic carbocycles. The first kappa shape index (κ1) is 9.02. The van der Waals surface area contributed by atoms with E-state index in [4.69, 9.17) is 4.74 Å². The van der Waals surface area contributed by atoms with Crippen molar-refractivity contribution in [2.24, 2.45) is 4.99 Å². The molecule has 1 aliphatic rings. The van der Waals surface area contributed by atoms with Crippen LogP contribution in [0.2, 0.25) is 0 Å². The van der Waals surface area contributed by atoms with Crippen molar-refractivity contribution in [2.45, 2.75) is 0 Å². The summed E-state index contributed by atoms with van der Waals surface area (Å²) in [5, 5.41) is 12.3. The molecule has 1 aromatic rings. The third-order valence-corrected chi connectivity index (χ3v) is 1.91. The van der Waals surface area contributed by atoms with Gasteiger partial charge >= 0.3 is 0 Å². The van der Waals surface area contributed by atoms with E-state index in [9.17, 15) is 5.11 Å². The van der Waals surface area contributed by atoms with Crippen LogP contribution in [0, 0.1) is 0 Å². The summed E-state index contributed by atoms with van der Waals surface area (Å²) in [6.07, 6.45) is 0. The lowest BCUT2D eigenvalue weighted by molar-refractivity contribution is 0.171. The molecule has 0 saturated heterocycles. The van der Waals surface area contributed by atoms with Gasteiger partial charge in [-0.1, -0.05) is 6.07 Å². The first-order valence-electron chi connectivity index (χ1n) is 4.52. The second-order valence-corrected chi connectivity index (χ2v) is 3.06. The summed E-state index contributed by atoms with van der Waals surface area (Å²) in [6, 6.07) is 6.93. The van der Waals surface area contributed by atoms with E-state index >= 15 is 0 Å². The van der Waals surface area contributed by atoms with Crippen molar-refractivity contribution in [3.05, 3.63) is 24.3 Å². The van der Waals surface area contributed by atoms with E-state index in [1.807, 2.05) is 6.07 Å². The van der Waals surface area contributed by atoms with Crippen molar-refractivity contribution in [3.63, 3.8) is 0 Å². The van der Waals surface area contributed by atoms with Gasteiger partial charge in [-0.05, 0) is 12.1 Å². The van der Waals surface area contributed by atoms with Crippen LogP contribution in [0.15, 0.2) is 29.3 Å². The molecule has 2 N–H and O–H groups in total. The maximum absolute atomic E-state index is 9.23. The third-order valence-electron chi connectivity index (χ3n) is 1.91. The fourth-order valence-corrected chi connectivity index (χ4v) is 1.29. The van der Waals surface area contributed by atoms with Crippen LogP contribution in [0.4, 0.5) is 5.69 Å². The maximum Gasteiger partial charge on any atom is 0.127 e. The first-order valence-corrected chi connectivity index (χ1v) is 4.52. The number of phenols is 1. The minimum Gasteiger partial charge on any atom is -0.508 e. The molecule has 1 aliphatic heterocycles. The van der Waals surface area contributed by atoms with Crippen molar-refractivity contribution >= 4 is 11.5 Å². The number of anilines is 1. The van der Waals surface area contributed by atoms with Gasteiger partial charge in [-0.2, -0.15) is 0 Å². The maximum atomic E-state index is 9.23. The molecule has 14 heavy (non-hydrogen) atoms. The number of benzene rings is 1. The van der Waals surface area contributed by atoms with Gasteiger partial charge in [-0.3, -0.25) is 4.99 Å². The number of aromatic hydroxyl groups is 1. The van der Waals surface area contributed by atoms with Crippen molar-refractivity contribution in [2.75, 3.05) is 25.1 Å². The highest BCUT2D eigenvalue weighted by Crippen LogP contribution is 2.15. The van der Waals surface area contributed by atoms with Crippen LogP contribution < -0.4 is 5.32 Å². The summed E-state index contributed by atoms with van der Waals surface area (Å²) >= 11 is 0. The Kier molecular flexibility index (Phi) is 2.65. The Morgan fingerprint density at radius 3 is 3.07 bits per heavy atom. The van der Waals surface area contributed by atoms with Crippen LogP contribution in [0.1, 0.15) is 0 Å². The number of nitrogens with zero attached hydrogens (tertiary/aromatic N) is 1. The molecule has 74 valence electrons. The van der Waals surface area contributed by atoms with Crippen LogP contribution >= 0.6 is 0 Å². The number of aliphatic imine (C=N–C) groups is 1. The van der Waals surface area contributed by atoms with Crippen molar-refractivity contribution < 1.29 is 9.84 Å². The van der Waals surface area contributed by atoms with Crippen molar-refractivity contribution in [1.82, 2.24) is 0 Å². The summed E-state index contributed by atoms with van der Waals surface area (Å²) in [5.41, 5.74) is 0.828. The molecule has 4 nitrogen and oxygen atoms in total. The number of ether oxygens (including phenoxy) is 1. The molecule has 0 saturated carbocycles. The Morgan fingerprint density at radius 2 is 2.36 bits per heavy atom. The van der Waals surface area contributed by atoms with Gasteiger partial charge < -0.3 is 15.2 Å². The number of nitrogens with one attached hydrogen (secondary N) is 1. The zero-order valence-electron chi connectivity index (χ0n) is 7.73. The van der Waals surface area contributed by atoms with E-state index in [1.54, 1.807) is 18.2 Å². The Bertz CT molecular complexity index is 350. The average molecular weight is 192 g/mol. The molecule has 2 rings (SSSR count). The highest BCUT2D eigenvalue weighted by atomic mass is 16.5. The molecular weight excluding hydrogens is 180 g/mol. The zero-order chi connectivity index (χ0) is 9.80. The SMILES string of the molecule is Oc1cccc(NC2=NCCOC2)c1. The number of phenolic OH excluding ortho intramolecular Hbond substituents is 1. The normalized spacial score (nSPS) is 16.1. The Hall–Kier alpha value is -1.55. The fraction of sp³-hybridized carbons (Fsp3) is 0.300. The van der Waals surface area contributed by atoms with Gasteiger partial charge in [0, 0.05) is 11.8 Å². The molecule has 0 aromatic heterocycles. The van der Waals surface area contributed by atoms with Gasteiger partial charge in [0.2, 0.25) is 0 Å². The summed E-state index contributed by atoms with van der Waals surface area (Å²) < 4.78 is 5.23. The number of amidine groups is 1. The van der Waals surface area contributed by atoms with Crippen LogP contribution in [-0.2, 0) is 4.74 Å². The van der Waals surface area contributed by atoms with Gasteiger partial charge in [-0.15, -0.1) is 0 Å². The summed E-state index contributed by atoms with van der Waals surface area (Å²) in [5.74, 6) is 1.05. The molecule has 4 heteroatoms. The molecule has 0 radical (unpaired) electrons. The van der Waals surface area contributed by atoms with E-state index in [-0.39, 0.29) is 5.75 Å². The second kappa shape index (κ2) is 4.11. The third kappa shape index (κ3) is 2.23. The minimum absolute atomic E-state index is 0.243. The van der Waals surface area contributed by atoms with Crippen LogP contribution in [0.3, 0.4) is 0 Å². The van der Waals surface area contributed by atoms with E-state index < -0.39 is 0 Å². The summed E-state index contributed by atoms with van der Waals surface area (Å²) in [7, 11) is 0. The largest absolute Gasteiger partial charge is 0.508 e. The topological polar surface area (TPSA) is 53.8 Å². The van der Waals surface area contributed by atoms with Crippen LogP contribution in [-0.4, -0.2) is 30.7 Å². The summed E-state index contributed by atoms with van der Waals surface area (Å²) in [4.78, 5) is 4.25. The number of hydrogen-bond acceptors (Lipinski definition) is 4. The molecule has 0 spiro atoms. The standard InChI is InChI=1S/C10H12N2O2/c13-9-3-1-2-8(6-9)12-10-7-14-5-4-11-10/h1-3,6,13H,4-5,7H2,(H,11,12). The van der Waals surface area contributed by atoms with Crippen LogP contribution in [0.5, 0.6) is 5.75 Å². The molecule has 1 heterocycles. The molecule has 0 unspecified atom stereocenters. The van der Waals surface area contributed by atoms with Gasteiger partial charge in [0.05, 0.1) is 13.2 Å². The average Bonchev–Trinajstić information content (AvgIpc) is 2.19. The Labute approximate surface area is 82.2 Å². The Morgan fingerprint density at radius 1 is 1.43 bits per heavy atom. The zero-order valence-corrected chi connectivity index (χ0v) is 7.73. The highest BCUT2D eigenvalue weighted by Gasteiger charge is 2.05. The molecule has 1 aromatic carbocycles. The van der Waals surface area contributed by atoms with Gasteiger partial charge in [0.1, 0.15) is 18.2 Å². The molecule has 0 fully saturated rings. The fourth-order valence-electron chi connectivity index (χ4n) is 1.29. The van der Waals surface area contributed by atoms with E-state index in [0.29, 0.717) is 19.8 Å². The quantitative estimate of drug-likeness (QED) is 0.703. The monoisotopic (exact) mass is 192 g/mol. The predicted molar refractivity (Wildman–Crippen MR) is 54.9 cm³/mol. The van der Waals surface area contributed by atoms with Gasteiger partial charge in [0.15, 0.2) is 0 Å². The second-order valence-electron chi connectivity index (χ2n) is 3.06. The molecule has 0 atom stereocenters. The van der Waals surface area contributed by atoms with E-state index in [1.165, 1.54) is 0 Å². The highest BCUT2D eigenvalue weighted by molar-refractivity contribution is 5.96. The summed E-state index contributed by atoms with van der Waals surface area (Å²) in [6.45, 7) is 1.89. The minimum atomic E-state index is 0.243. The van der Waals surface area contributed by atoms with Crippen molar-refractivity contribution in [1.29, 1.82) is 0 Å². The van der Waals surface area contributed by atoms with E-state index in [0.717, 1.165) is 11.5 Å². The number of rotatable bonds is 1. The number of hydrogen-bond donors (Lipinski definition) is 2. The lowest BCUT2D eigenvalue weighted by Gasteiger charge is -2.14. The van der Waals surface area contributed by atoms with Crippen LogP contribution in [0.25, 0.3) is 0 Å².